The molecule has 0 aromatic heterocycles. The number of nitrogens with zero attached hydrogens (tertiary/aromatic N) is 2. The van der Waals surface area contributed by atoms with Crippen molar-refractivity contribution in [2.45, 2.75) is 25.4 Å². The Hall–Kier alpha value is -2.58. The van der Waals surface area contributed by atoms with Crippen molar-refractivity contribution < 1.29 is 19.5 Å². The molecule has 0 spiro atoms. The van der Waals surface area contributed by atoms with E-state index >= 15 is 0 Å². The van der Waals surface area contributed by atoms with Crippen molar-refractivity contribution in [1.82, 2.24) is 10.4 Å². The first kappa shape index (κ1) is 22.6. The summed E-state index contributed by atoms with van der Waals surface area (Å²) >= 11 is 3.43. The number of hydroxylamine groups is 1. The molecule has 1 saturated heterocycles. The number of anilines is 1. The molecule has 4 rings (SSSR count). The van der Waals surface area contributed by atoms with Crippen LogP contribution in [-0.2, 0) is 9.59 Å². The molecule has 1 heterocycles. The lowest BCUT2D eigenvalue weighted by molar-refractivity contribution is -0.148. The summed E-state index contributed by atoms with van der Waals surface area (Å²) in [6.07, 6.45) is 1.43. The average molecular weight is 502 g/mol. The Kier molecular flexibility index (Phi) is 7.32. The zero-order valence-corrected chi connectivity index (χ0v) is 19.4. The predicted molar refractivity (Wildman–Crippen MR) is 125 cm³/mol. The molecule has 8 heteroatoms. The summed E-state index contributed by atoms with van der Waals surface area (Å²) in [7, 11) is 0. The number of halogens is 1. The van der Waals surface area contributed by atoms with Crippen molar-refractivity contribution in [1.29, 1.82) is 0 Å². The van der Waals surface area contributed by atoms with E-state index in [1.54, 1.807) is 5.48 Å². The molecule has 0 bridgehead atoms. The van der Waals surface area contributed by atoms with Crippen LogP contribution in [0.3, 0.4) is 0 Å². The molecule has 1 saturated carbocycles. The minimum atomic E-state index is -0.620. The first-order chi connectivity index (χ1) is 15.5. The molecule has 1 aliphatic carbocycles. The lowest BCUT2D eigenvalue weighted by Crippen LogP contribution is -2.53. The van der Waals surface area contributed by atoms with Crippen LogP contribution in [0.4, 0.5) is 5.69 Å². The first-order valence-corrected chi connectivity index (χ1v) is 11.8. The van der Waals surface area contributed by atoms with E-state index in [1.165, 1.54) is 0 Å². The zero-order chi connectivity index (χ0) is 22.5. The highest BCUT2D eigenvalue weighted by Crippen LogP contribution is 2.35. The van der Waals surface area contributed by atoms with Crippen molar-refractivity contribution >= 4 is 33.4 Å². The topological polar surface area (TPSA) is 82.1 Å². The van der Waals surface area contributed by atoms with Gasteiger partial charge in [0, 0.05) is 36.3 Å². The van der Waals surface area contributed by atoms with Gasteiger partial charge in [0.25, 0.3) is 0 Å². The monoisotopic (exact) mass is 501 g/mol. The fourth-order valence-corrected chi connectivity index (χ4v) is 5.08. The number of para-hydroxylation sites is 1. The number of nitrogens with one attached hydrogen (secondary N) is 1. The molecular formula is C24H28BrN3O4. The van der Waals surface area contributed by atoms with E-state index in [0.29, 0.717) is 38.1 Å². The van der Waals surface area contributed by atoms with Crippen LogP contribution >= 0.6 is 15.9 Å². The number of benzene rings is 2. The molecule has 0 radical (unpaired) electrons. The molecular weight excluding hydrogens is 474 g/mol. The largest absolute Gasteiger partial charge is 0.490 e. The fraction of sp³-hybridized carbons (Fsp3) is 0.417. The maximum atomic E-state index is 13.3. The van der Waals surface area contributed by atoms with Gasteiger partial charge in [-0.3, -0.25) is 14.8 Å². The highest BCUT2D eigenvalue weighted by molar-refractivity contribution is 9.10. The molecule has 2 aromatic carbocycles. The van der Waals surface area contributed by atoms with Gasteiger partial charge in [-0.05, 0) is 49.6 Å². The molecule has 7 nitrogen and oxygen atoms in total. The van der Waals surface area contributed by atoms with Crippen molar-refractivity contribution in [3.63, 3.8) is 0 Å². The second kappa shape index (κ2) is 10.4. The van der Waals surface area contributed by atoms with E-state index in [-0.39, 0.29) is 12.0 Å². The molecule has 1 aliphatic heterocycles. The van der Waals surface area contributed by atoms with Crippen LogP contribution in [0.2, 0.25) is 0 Å². The molecule has 2 amide bonds. The van der Waals surface area contributed by atoms with Crippen molar-refractivity contribution in [3.8, 4) is 5.75 Å². The number of carbonyl (C=O) groups excluding carboxylic acids is 2. The Morgan fingerprint density at radius 1 is 0.969 bits per heavy atom. The van der Waals surface area contributed by atoms with Gasteiger partial charge in [-0.1, -0.05) is 40.2 Å². The van der Waals surface area contributed by atoms with E-state index < -0.39 is 17.7 Å². The van der Waals surface area contributed by atoms with Crippen LogP contribution in [0.5, 0.6) is 5.75 Å². The SMILES string of the molecule is O=C(NO)[C@H]1C[C@H](Oc2cccc(Br)c2)CC[C@@H]1C(=O)N1CCN(c2ccccc2)CC1. The van der Waals surface area contributed by atoms with E-state index in [2.05, 4.69) is 33.0 Å². The van der Waals surface area contributed by atoms with E-state index in [9.17, 15) is 14.8 Å². The Morgan fingerprint density at radius 3 is 2.41 bits per heavy atom. The minimum Gasteiger partial charge on any atom is -0.490 e. The number of ether oxygens (including phenoxy) is 1. The van der Waals surface area contributed by atoms with Crippen molar-refractivity contribution in [3.05, 3.63) is 59.1 Å². The lowest BCUT2D eigenvalue weighted by Gasteiger charge is -2.40. The Balaban J connectivity index is 1.39. The van der Waals surface area contributed by atoms with Crippen LogP contribution in [0.1, 0.15) is 19.3 Å². The second-order valence-electron chi connectivity index (χ2n) is 8.35. The van der Waals surface area contributed by atoms with Gasteiger partial charge < -0.3 is 14.5 Å². The summed E-state index contributed by atoms with van der Waals surface area (Å²) < 4.78 is 6.99. The maximum absolute atomic E-state index is 13.3. The Morgan fingerprint density at radius 2 is 1.72 bits per heavy atom. The Labute approximate surface area is 196 Å². The van der Waals surface area contributed by atoms with Gasteiger partial charge in [0.1, 0.15) is 5.75 Å². The highest BCUT2D eigenvalue weighted by atomic mass is 79.9. The third kappa shape index (κ3) is 5.24. The first-order valence-electron chi connectivity index (χ1n) is 11.0. The number of carbonyl (C=O) groups is 2. The van der Waals surface area contributed by atoms with E-state index in [4.69, 9.17) is 4.74 Å². The zero-order valence-electron chi connectivity index (χ0n) is 17.8. The molecule has 32 heavy (non-hydrogen) atoms. The number of amides is 2. The molecule has 0 unspecified atom stereocenters. The summed E-state index contributed by atoms with van der Waals surface area (Å²) in [6.45, 7) is 2.76. The summed E-state index contributed by atoms with van der Waals surface area (Å²) in [6, 6.07) is 17.7. The number of piperazine rings is 1. The third-order valence-electron chi connectivity index (χ3n) is 6.38. The highest BCUT2D eigenvalue weighted by Gasteiger charge is 2.42. The van der Waals surface area contributed by atoms with Gasteiger partial charge in [0.2, 0.25) is 11.8 Å². The lowest BCUT2D eigenvalue weighted by atomic mass is 9.76. The van der Waals surface area contributed by atoms with Crippen LogP contribution in [0, 0.1) is 11.8 Å². The minimum absolute atomic E-state index is 0.00721. The van der Waals surface area contributed by atoms with Gasteiger partial charge in [0.15, 0.2) is 0 Å². The fourth-order valence-electron chi connectivity index (χ4n) is 4.70. The molecule has 2 aromatic rings. The van der Waals surface area contributed by atoms with Crippen LogP contribution in [0.25, 0.3) is 0 Å². The molecule has 170 valence electrons. The molecule has 2 aliphatic rings. The number of hydrogen-bond donors (Lipinski definition) is 2. The molecule has 2 N–H and O–H groups in total. The average Bonchev–Trinajstić information content (AvgIpc) is 2.84. The van der Waals surface area contributed by atoms with Crippen LogP contribution < -0.4 is 15.1 Å². The van der Waals surface area contributed by atoms with E-state index in [1.807, 2.05) is 47.4 Å². The summed E-state index contributed by atoms with van der Waals surface area (Å²) in [4.78, 5) is 29.9. The predicted octanol–water partition coefficient (Wildman–Crippen LogP) is 3.47. The van der Waals surface area contributed by atoms with Crippen molar-refractivity contribution in [2.24, 2.45) is 11.8 Å². The number of rotatable bonds is 5. The Bertz CT molecular complexity index is 934. The summed E-state index contributed by atoms with van der Waals surface area (Å²) in [5.41, 5.74) is 2.92. The summed E-state index contributed by atoms with van der Waals surface area (Å²) in [5, 5.41) is 9.29. The molecule has 3 atom stereocenters. The van der Waals surface area contributed by atoms with Gasteiger partial charge >= 0.3 is 0 Å². The second-order valence-corrected chi connectivity index (χ2v) is 9.26. The van der Waals surface area contributed by atoms with Crippen molar-refractivity contribution in [2.75, 3.05) is 31.1 Å². The third-order valence-corrected chi connectivity index (χ3v) is 6.87. The van der Waals surface area contributed by atoms with Gasteiger partial charge in [0.05, 0.1) is 17.9 Å². The van der Waals surface area contributed by atoms with Crippen LogP contribution in [-0.4, -0.2) is 54.2 Å². The van der Waals surface area contributed by atoms with Gasteiger partial charge in [-0.15, -0.1) is 0 Å². The van der Waals surface area contributed by atoms with Crippen LogP contribution in [0.15, 0.2) is 59.1 Å². The summed E-state index contributed by atoms with van der Waals surface area (Å²) in [5.74, 6) is -0.881. The maximum Gasteiger partial charge on any atom is 0.247 e. The molecule has 2 fully saturated rings. The number of hydrogen-bond acceptors (Lipinski definition) is 5. The van der Waals surface area contributed by atoms with Gasteiger partial charge in [-0.25, -0.2) is 5.48 Å². The quantitative estimate of drug-likeness (QED) is 0.484. The van der Waals surface area contributed by atoms with E-state index in [0.717, 1.165) is 23.2 Å². The standard InChI is InChI=1S/C24H28BrN3O4/c25-17-5-4-8-19(15-17)32-20-9-10-21(22(16-20)23(29)26-31)24(30)28-13-11-27(12-14-28)18-6-2-1-3-7-18/h1-8,15,20-22,31H,9-14,16H2,(H,26,29)/t20-,21+,22+/m1/s1. The normalized spacial score (nSPS) is 23.5. The smallest absolute Gasteiger partial charge is 0.247 e. The van der Waals surface area contributed by atoms with Gasteiger partial charge in [-0.2, -0.15) is 0 Å².